The number of aliphatic carboxylic acids is 2. The Bertz CT molecular complexity index is 655. The van der Waals surface area contributed by atoms with Crippen LogP contribution in [0.25, 0.3) is 0 Å². The van der Waals surface area contributed by atoms with Gasteiger partial charge in [-0.15, -0.1) is 0 Å². The molecule has 3 amide bonds. The maximum atomic E-state index is 13.0. The molecule has 1 rings (SSSR count). The lowest BCUT2D eigenvalue weighted by Gasteiger charge is -2.28. The molecule has 170 valence electrons. The number of nitrogens with zero attached hydrogens (tertiary/aromatic N) is 1. The molecule has 0 saturated carbocycles. The standard InChI is InChI=1S/C18H31N5O7/c1-10(20)15(26)22-12(9-14(24)25)16(27)21-11(5-2-3-7-19)17(28)23-8-4-6-13(23)18(29)30/h10-13H,2-9,19-20H2,1H3,(H,21,27)(H,22,26)(H,24,25)(H,29,30). The highest BCUT2D eigenvalue weighted by Crippen LogP contribution is 2.20. The zero-order chi connectivity index (χ0) is 22.8. The molecule has 1 aliphatic heterocycles. The fraction of sp³-hybridized carbons (Fsp3) is 0.722. The van der Waals surface area contributed by atoms with E-state index in [1.54, 1.807) is 0 Å². The SMILES string of the molecule is CC(N)C(=O)NC(CC(=O)O)C(=O)NC(CCCCN)C(=O)N1CCCC1C(=O)O. The summed E-state index contributed by atoms with van der Waals surface area (Å²) in [5, 5.41) is 23.1. The van der Waals surface area contributed by atoms with Crippen molar-refractivity contribution >= 4 is 29.7 Å². The van der Waals surface area contributed by atoms with Crippen LogP contribution >= 0.6 is 0 Å². The summed E-state index contributed by atoms with van der Waals surface area (Å²) in [6.45, 7) is 2.01. The zero-order valence-electron chi connectivity index (χ0n) is 17.0. The number of hydrogen-bond donors (Lipinski definition) is 6. The van der Waals surface area contributed by atoms with Gasteiger partial charge in [-0.2, -0.15) is 0 Å². The first kappa shape index (κ1) is 25.3. The predicted octanol–water partition coefficient (Wildman–Crippen LogP) is -2.02. The van der Waals surface area contributed by atoms with Crippen molar-refractivity contribution in [3.05, 3.63) is 0 Å². The molecule has 0 aromatic rings. The lowest BCUT2D eigenvalue weighted by molar-refractivity contribution is -0.149. The molecule has 12 nitrogen and oxygen atoms in total. The van der Waals surface area contributed by atoms with Crippen LogP contribution in [0.3, 0.4) is 0 Å². The highest BCUT2D eigenvalue weighted by Gasteiger charge is 2.38. The van der Waals surface area contributed by atoms with E-state index < -0.39 is 60.2 Å². The molecule has 1 fully saturated rings. The summed E-state index contributed by atoms with van der Waals surface area (Å²) in [4.78, 5) is 61.2. The minimum atomic E-state index is -1.43. The van der Waals surface area contributed by atoms with E-state index in [1.165, 1.54) is 11.8 Å². The van der Waals surface area contributed by atoms with Gasteiger partial charge in [-0.1, -0.05) is 0 Å². The van der Waals surface area contributed by atoms with Gasteiger partial charge in [-0.3, -0.25) is 19.2 Å². The summed E-state index contributed by atoms with van der Waals surface area (Å²) in [5.41, 5.74) is 10.9. The van der Waals surface area contributed by atoms with Crippen molar-refractivity contribution in [2.75, 3.05) is 13.1 Å². The van der Waals surface area contributed by atoms with Crippen LogP contribution in [0, 0.1) is 0 Å². The second kappa shape index (κ2) is 12.1. The fourth-order valence-corrected chi connectivity index (χ4v) is 3.20. The molecular weight excluding hydrogens is 398 g/mol. The van der Waals surface area contributed by atoms with Crippen LogP contribution in [-0.2, 0) is 24.0 Å². The monoisotopic (exact) mass is 429 g/mol. The van der Waals surface area contributed by atoms with Crippen LogP contribution in [0.2, 0.25) is 0 Å². The summed E-state index contributed by atoms with van der Waals surface area (Å²) in [5.74, 6) is -4.58. The molecular formula is C18H31N5O7. The van der Waals surface area contributed by atoms with Crippen LogP contribution in [0.1, 0.15) is 45.4 Å². The number of nitrogens with one attached hydrogen (secondary N) is 2. The molecule has 0 bridgehead atoms. The van der Waals surface area contributed by atoms with Crippen molar-refractivity contribution in [3.8, 4) is 0 Å². The highest BCUT2D eigenvalue weighted by molar-refractivity contribution is 5.95. The largest absolute Gasteiger partial charge is 0.481 e. The van der Waals surface area contributed by atoms with Crippen molar-refractivity contribution in [2.24, 2.45) is 11.5 Å². The van der Waals surface area contributed by atoms with Gasteiger partial charge in [-0.05, 0) is 45.6 Å². The number of unbranched alkanes of at least 4 members (excludes halogenated alkanes) is 1. The van der Waals surface area contributed by atoms with Crippen molar-refractivity contribution in [2.45, 2.75) is 69.6 Å². The number of carbonyl (C=O) groups is 5. The van der Waals surface area contributed by atoms with Gasteiger partial charge < -0.3 is 37.2 Å². The van der Waals surface area contributed by atoms with E-state index in [2.05, 4.69) is 10.6 Å². The van der Waals surface area contributed by atoms with Gasteiger partial charge in [-0.25, -0.2) is 4.79 Å². The third-order valence-electron chi connectivity index (χ3n) is 4.81. The topological polar surface area (TPSA) is 205 Å². The van der Waals surface area contributed by atoms with E-state index in [-0.39, 0.29) is 13.0 Å². The van der Waals surface area contributed by atoms with E-state index in [0.29, 0.717) is 32.2 Å². The normalized spacial score (nSPS) is 18.9. The van der Waals surface area contributed by atoms with Gasteiger partial charge in [0.15, 0.2) is 0 Å². The van der Waals surface area contributed by atoms with Gasteiger partial charge in [0.05, 0.1) is 12.5 Å². The summed E-state index contributed by atoms with van der Waals surface area (Å²) in [6.07, 6.45) is 1.42. The third kappa shape index (κ3) is 7.59. The Labute approximate surface area is 174 Å². The van der Waals surface area contributed by atoms with Gasteiger partial charge in [0, 0.05) is 6.54 Å². The Morgan fingerprint density at radius 2 is 1.70 bits per heavy atom. The van der Waals surface area contributed by atoms with E-state index in [0.717, 1.165) is 0 Å². The molecule has 1 aliphatic rings. The van der Waals surface area contributed by atoms with Crippen LogP contribution in [0.5, 0.6) is 0 Å². The smallest absolute Gasteiger partial charge is 0.326 e. The van der Waals surface area contributed by atoms with Crippen LogP contribution in [-0.4, -0.2) is 82.0 Å². The molecule has 8 N–H and O–H groups in total. The molecule has 0 aliphatic carbocycles. The average molecular weight is 429 g/mol. The van der Waals surface area contributed by atoms with Crippen molar-refractivity contribution in [1.82, 2.24) is 15.5 Å². The minimum Gasteiger partial charge on any atom is -0.481 e. The first-order valence-electron chi connectivity index (χ1n) is 9.90. The number of likely N-dealkylation sites (tertiary alicyclic amines) is 1. The number of carbonyl (C=O) groups excluding carboxylic acids is 3. The number of nitrogens with two attached hydrogens (primary N) is 2. The number of carboxylic acid groups (broad SMARTS) is 2. The Balaban J connectivity index is 2.98. The zero-order valence-corrected chi connectivity index (χ0v) is 17.0. The lowest BCUT2D eigenvalue weighted by atomic mass is 10.1. The van der Waals surface area contributed by atoms with E-state index >= 15 is 0 Å². The summed E-state index contributed by atoms with van der Waals surface area (Å²) >= 11 is 0. The van der Waals surface area contributed by atoms with E-state index in [1.807, 2.05) is 0 Å². The lowest BCUT2D eigenvalue weighted by Crippen LogP contribution is -2.57. The summed E-state index contributed by atoms with van der Waals surface area (Å²) < 4.78 is 0. The number of rotatable bonds is 12. The molecule has 4 atom stereocenters. The molecule has 0 spiro atoms. The maximum absolute atomic E-state index is 13.0. The fourth-order valence-electron chi connectivity index (χ4n) is 3.20. The van der Waals surface area contributed by atoms with Crippen molar-refractivity contribution < 1.29 is 34.2 Å². The average Bonchev–Trinajstić information content (AvgIpc) is 3.15. The first-order valence-corrected chi connectivity index (χ1v) is 9.90. The molecule has 1 saturated heterocycles. The Kier molecular flexibility index (Phi) is 10.2. The number of amides is 3. The molecule has 1 heterocycles. The molecule has 12 heteroatoms. The molecule has 0 aromatic carbocycles. The van der Waals surface area contributed by atoms with Crippen molar-refractivity contribution in [3.63, 3.8) is 0 Å². The molecule has 4 unspecified atom stereocenters. The highest BCUT2D eigenvalue weighted by atomic mass is 16.4. The van der Waals surface area contributed by atoms with Gasteiger partial charge >= 0.3 is 11.9 Å². The number of hydrogen-bond acceptors (Lipinski definition) is 7. The number of carboxylic acids is 2. The van der Waals surface area contributed by atoms with Gasteiger partial charge in [0.1, 0.15) is 18.1 Å². The Morgan fingerprint density at radius 3 is 2.23 bits per heavy atom. The molecule has 0 aromatic heterocycles. The Hall–Kier alpha value is -2.73. The third-order valence-corrected chi connectivity index (χ3v) is 4.81. The summed E-state index contributed by atoms with van der Waals surface area (Å²) in [7, 11) is 0. The van der Waals surface area contributed by atoms with Gasteiger partial charge in [0.25, 0.3) is 0 Å². The Morgan fingerprint density at radius 1 is 1.07 bits per heavy atom. The van der Waals surface area contributed by atoms with Crippen molar-refractivity contribution in [1.29, 1.82) is 0 Å². The first-order chi connectivity index (χ1) is 14.1. The van der Waals surface area contributed by atoms with E-state index in [4.69, 9.17) is 16.6 Å². The summed E-state index contributed by atoms with van der Waals surface area (Å²) in [6, 6.07) is -4.43. The van der Waals surface area contributed by atoms with Crippen LogP contribution in [0.15, 0.2) is 0 Å². The predicted molar refractivity (Wildman–Crippen MR) is 105 cm³/mol. The van der Waals surface area contributed by atoms with Gasteiger partial charge in [0.2, 0.25) is 17.7 Å². The van der Waals surface area contributed by atoms with Crippen LogP contribution < -0.4 is 22.1 Å². The second-order valence-electron chi connectivity index (χ2n) is 7.32. The van der Waals surface area contributed by atoms with E-state index in [9.17, 15) is 29.1 Å². The minimum absolute atomic E-state index is 0.200. The molecule has 30 heavy (non-hydrogen) atoms. The quantitative estimate of drug-likeness (QED) is 0.189. The van der Waals surface area contributed by atoms with Crippen LogP contribution in [0.4, 0.5) is 0 Å². The maximum Gasteiger partial charge on any atom is 0.326 e. The second-order valence-corrected chi connectivity index (χ2v) is 7.32. The molecule has 0 radical (unpaired) electrons.